The summed E-state index contributed by atoms with van der Waals surface area (Å²) in [5, 5.41) is 3.24. The zero-order chi connectivity index (χ0) is 9.52. The van der Waals surface area contributed by atoms with Crippen molar-refractivity contribution in [2.24, 2.45) is 0 Å². The molecule has 0 aromatic heterocycles. The molecule has 0 spiro atoms. The highest BCUT2D eigenvalue weighted by Gasteiger charge is 2.00. The number of hydrogen-bond donors (Lipinski definition) is 1. The monoisotopic (exact) mass is 209 g/mol. The summed E-state index contributed by atoms with van der Waals surface area (Å²) >= 11 is 0. The fourth-order valence-electron chi connectivity index (χ4n) is 1.27. The third kappa shape index (κ3) is 4.91. The van der Waals surface area contributed by atoms with Gasteiger partial charge in [0.05, 0.1) is 6.54 Å². The Morgan fingerprint density at radius 3 is 2.57 bits per heavy atom. The van der Waals surface area contributed by atoms with Gasteiger partial charge in [0, 0.05) is 6.04 Å². The van der Waals surface area contributed by atoms with E-state index >= 15 is 0 Å². The Hall–Kier alpha value is -0.970. The van der Waals surface area contributed by atoms with Crippen LogP contribution in [-0.2, 0) is 6.42 Å². The van der Waals surface area contributed by atoms with Gasteiger partial charge in [0.1, 0.15) is 0 Å². The molecule has 1 nitrogen and oxygen atoms in total. The lowest BCUT2D eigenvalue weighted by atomic mass is 10.1. The third-order valence-electron chi connectivity index (χ3n) is 1.94. The summed E-state index contributed by atoms with van der Waals surface area (Å²) in [4.78, 5) is 0. The Bertz CT molecular complexity index is 276. The molecule has 1 atom stereocenters. The molecule has 1 aromatic carbocycles. The first kappa shape index (κ1) is 13.0. The zero-order valence-corrected chi connectivity index (χ0v) is 9.18. The van der Waals surface area contributed by atoms with Gasteiger partial charge in [-0.3, -0.25) is 0 Å². The first-order valence-corrected chi connectivity index (χ1v) is 4.53. The van der Waals surface area contributed by atoms with Crippen LogP contribution in [0.1, 0.15) is 12.5 Å². The van der Waals surface area contributed by atoms with Crippen LogP contribution < -0.4 is 5.32 Å². The topological polar surface area (TPSA) is 12.0 Å². The Morgan fingerprint density at radius 1 is 1.36 bits per heavy atom. The van der Waals surface area contributed by atoms with Crippen LogP contribution in [0, 0.1) is 12.3 Å². The summed E-state index contributed by atoms with van der Waals surface area (Å²) in [6, 6.07) is 10.9. The van der Waals surface area contributed by atoms with Gasteiger partial charge < -0.3 is 5.32 Å². The molecular weight excluding hydrogens is 194 g/mol. The van der Waals surface area contributed by atoms with E-state index < -0.39 is 0 Å². The van der Waals surface area contributed by atoms with Gasteiger partial charge >= 0.3 is 0 Å². The fourth-order valence-corrected chi connectivity index (χ4v) is 1.27. The molecule has 14 heavy (non-hydrogen) atoms. The second kappa shape index (κ2) is 7.44. The van der Waals surface area contributed by atoms with E-state index in [1.54, 1.807) is 0 Å². The number of rotatable bonds is 4. The van der Waals surface area contributed by atoms with E-state index in [1.165, 1.54) is 5.56 Å². The van der Waals surface area contributed by atoms with Gasteiger partial charge in [-0.1, -0.05) is 36.3 Å². The van der Waals surface area contributed by atoms with Crippen molar-refractivity contribution in [1.82, 2.24) is 5.32 Å². The van der Waals surface area contributed by atoms with Crippen LogP contribution in [-0.4, -0.2) is 12.6 Å². The summed E-state index contributed by atoms with van der Waals surface area (Å²) < 4.78 is 0. The lowest BCUT2D eigenvalue weighted by Crippen LogP contribution is -2.28. The van der Waals surface area contributed by atoms with Gasteiger partial charge in [0.25, 0.3) is 0 Å². The van der Waals surface area contributed by atoms with Gasteiger partial charge in [0.2, 0.25) is 0 Å². The van der Waals surface area contributed by atoms with Crippen molar-refractivity contribution in [1.29, 1.82) is 0 Å². The van der Waals surface area contributed by atoms with Crippen molar-refractivity contribution < 1.29 is 0 Å². The first-order valence-electron chi connectivity index (χ1n) is 4.53. The highest BCUT2D eigenvalue weighted by molar-refractivity contribution is 5.85. The van der Waals surface area contributed by atoms with E-state index in [4.69, 9.17) is 6.42 Å². The van der Waals surface area contributed by atoms with E-state index in [1.807, 2.05) is 6.07 Å². The summed E-state index contributed by atoms with van der Waals surface area (Å²) in [5.74, 6) is 2.57. The Labute approximate surface area is 92.3 Å². The molecule has 1 N–H and O–H groups in total. The molecule has 0 bridgehead atoms. The lowest BCUT2D eigenvalue weighted by molar-refractivity contribution is 0.585. The maximum Gasteiger partial charge on any atom is 0.0575 e. The van der Waals surface area contributed by atoms with E-state index in [9.17, 15) is 0 Å². The quantitative estimate of drug-likeness (QED) is 0.751. The minimum Gasteiger partial charge on any atom is -0.303 e. The number of terminal acetylenes is 1. The molecule has 1 unspecified atom stereocenters. The molecule has 0 aliphatic rings. The van der Waals surface area contributed by atoms with Crippen LogP contribution in [0.3, 0.4) is 0 Å². The molecule has 0 aliphatic carbocycles. The molecule has 0 saturated heterocycles. The molecular formula is C12H16ClN. The Kier molecular flexibility index (Phi) is 6.92. The van der Waals surface area contributed by atoms with Crippen LogP contribution in [0.25, 0.3) is 0 Å². The van der Waals surface area contributed by atoms with E-state index in [0.29, 0.717) is 12.6 Å². The number of benzene rings is 1. The Morgan fingerprint density at radius 2 is 2.00 bits per heavy atom. The smallest absolute Gasteiger partial charge is 0.0575 e. The Balaban J connectivity index is 0.00000169. The molecule has 1 aromatic rings. The number of halogens is 1. The number of hydrogen-bond acceptors (Lipinski definition) is 1. The molecule has 0 fully saturated rings. The van der Waals surface area contributed by atoms with Crippen molar-refractivity contribution in [3.05, 3.63) is 35.9 Å². The van der Waals surface area contributed by atoms with Gasteiger partial charge in [-0.2, -0.15) is 0 Å². The highest BCUT2D eigenvalue weighted by Crippen LogP contribution is 2.01. The molecule has 76 valence electrons. The van der Waals surface area contributed by atoms with E-state index in [2.05, 4.69) is 42.4 Å². The molecule has 0 amide bonds. The molecule has 0 radical (unpaired) electrons. The largest absolute Gasteiger partial charge is 0.303 e. The van der Waals surface area contributed by atoms with E-state index in [0.717, 1.165) is 6.42 Å². The summed E-state index contributed by atoms with van der Waals surface area (Å²) in [7, 11) is 0. The lowest BCUT2D eigenvalue weighted by Gasteiger charge is -2.11. The molecule has 0 aliphatic heterocycles. The van der Waals surface area contributed by atoms with E-state index in [-0.39, 0.29) is 12.4 Å². The standard InChI is InChI=1S/C12H15N.ClH/c1-3-9-13-11(2)10-12-7-5-4-6-8-12;/h1,4-8,11,13H,9-10H2,2H3;1H. The second-order valence-corrected chi connectivity index (χ2v) is 3.18. The van der Waals surface area contributed by atoms with Crippen molar-refractivity contribution >= 4 is 12.4 Å². The molecule has 1 rings (SSSR count). The zero-order valence-electron chi connectivity index (χ0n) is 8.36. The van der Waals surface area contributed by atoms with Gasteiger partial charge in [-0.15, -0.1) is 18.8 Å². The molecule has 0 saturated carbocycles. The van der Waals surface area contributed by atoms with Crippen molar-refractivity contribution in [2.75, 3.05) is 6.54 Å². The van der Waals surface area contributed by atoms with Crippen LogP contribution in [0.5, 0.6) is 0 Å². The van der Waals surface area contributed by atoms with Crippen LogP contribution in [0.2, 0.25) is 0 Å². The maximum absolute atomic E-state index is 5.16. The average Bonchev–Trinajstić information content (AvgIpc) is 2.16. The predicted octanol–water partition coefficient (Wildman–Crippen LogP) is 2.26. The normalized spacial score (nSPS) is 11.1. The molecule has 0 heterocycles. The van der Waals surface area contributed by atoms with Crippen molar-refractivity contribution in [2.45, 2.75) is 19.4 Å². The summed E-state index contributed by atoms with van der Waals surface area (Å²) in [5.41, 5.74) is 1.35. The molecule has 2 heteroatoms. The van der Waals surface area contributed by atoms with Crippen LogP contribution in [0.15, 0.2) is 30.3 Å². The SMILES string of the molecule is C#CCNC(C)Cc1ccccc1.Cl. The fraction of sp³-hybridized carbons (Fsp3) is 0.333. The summed E-state index contributed by atoms with van der Waals surface area (Å²) in [6.45, 7) is 2.79. The minimum absolute atomic E-state index is 0. The predicted molar refractivity (Wildman–Crippen MR) is 63.7 cm³/mol. The highest BCUT2D eigenvalue weighted by atomic mass is 35.5. The van der Waals surface area contributed by atoms with Gasteiger partial charge in [0.15, 0.2) is 0 Å². The first-order chi connectivity index (χ1) is 6.33. The average molecular weight is 210 g/mol. The third-order valence-corrected chi connectivity index (χ3v) is 1.94. The van der Waals surface area contributed by atoms with Crippen molar-refractivity contribution in [3.63, 3.8) is 0 Å². The van der Waals surface area contributed by atoms with Gasteiger partial charge in [-0.25, -0.2) is 0 Å². The van der Waals surface area contributed by atoms with Crippen LogP contribution >= 0.6 is 12.4 Å². The number of nitrogens with one attached hydrogen (secondary N) is 1. The summed E-state index contributed by atoms with van der Waals surface area (Å²) in [6.07, 6.45) is 6.19. The maximum atomic E-state index is 5.16. The second-order valence-electron chi connectivity index (χ2n) is 3.18. The van der Waals surface area contributed by atoms with Gasteiger partial charge in [-0.05, 0) is 18.9 Å². The minimum atomic E-state index is 0. The van der Waals surface area contributed by atoms with Crippen molar-refractivity contribution in [3.8, 4) is 12.3 Å². The van der Waals surface area contributed by atoms with Crippen LogP contribution in [0.4, 0.5) is 0 Å².